The van der Waals surface area contributed by atoms with Crippen molar-refractivity contribution in [3.8, 4) is 11.3 Å². The van der Waals surface area contributed by atoms with Crippen molar-refractivity contribution in [3.05, 3.63) is 41.7 Å². The number of pyridine rings is 1. The molecule has 164 valence electrons. The smallest absolute Gasteiger partial charge is 0.383 e. The van der Waals surface area contributed by atoms with Gasteiger partial charge in [-0.25, -0.2) is 4.98 Å². The Morgan fingerprint density at radius 3 is 2.84 bits per heavy atom. The highest BCUT2D eigenvalue weighted by Crippen LogP contribution is 2.46. The van der Waals surface area contributed by atoms with Crippen LogP contribution in [0.15, 0.2) is 24.7 Å². The fraction of sp³-hybridized carbons (Fsp3) is 0.500. The van der Waals surface area contributed by atoms with Gasteiger partial charge in [-0.2, -0.15) is 18.3 Å². The third-order valence-corrected chi connectivity index (χ3v) is 6.41. The monoisotopic (exact) mass is 433 g/mol. The SMILES string of the molecule is [2H]C(CC)(c1nnc[nH]1)N1CC[C@@]2(CCn3nc(-c4cnc(N)c(C(F)(F)F)c4)cc32)C1. The summed E-state index contributed by atoms with van der Waals surface area (Å²) in [7, 11) is 0. The first-order valence-corrected chi connectivity index (χ1v) is 10.2. The molecule has 1 saturated heterocycles. The van der Waals surface area contributed by atoms with Crippen molar-refractivity contribution in [2.75, 3.05) is 18.8 Å². The van der Waals surface area contributed by atoms with Crippen LogP contribution in [0.25, 0.3) is 11.3 Å². The Hall–Kier alpha value is -2.95. The number of hydrogen-bond donors (Lipinski definition) is 2. The van der Waals surface area contributed by atoms with Gasteiger partial charge in [0.1, 0.15) is 18.0 Å². The van der Waals surface area contributed by atoms with Crippen LogP contribution >= 0.6 is 0 Å². The molecular weight excluding hydrogens is 409 g/mol. The molecule has 5 rings (SSSR count). The maximum absolute atomic E-state index is 13.3. The van der Waals surface area contributed by atoms with Gasteiger partial charge in [0.05, 0.1) is 18.6 Å². The minimum atomic E-state index is -4.58. The zero-order valence-electron chi connectivity index (χ0n) is 17.9. The van der Waals surface area contributed by atoms with Gasteiger partial charge in [-0.05, 0) is 37.9 Å². The van der Waals surface area contributed by atoms with E-state index in [0.717, 1.165) is 24.6 Å². The third-order valence-electron chi connectivity index (χ3n) is 6.41. The molecule has 5 heterocycles. The average Bonchev–Trinajstić information content (AvgIpc) is 3.54. The van der Waals surface area contributed by atoms with Gasteiger partial charge in [-0.3, -0.25) is 9.58 Å². The maximum atomic E-state index is 13.3. The summed E-state index contributed by atoms with van der Waals surface area (Å²) in [5.41, 5.74) is 5.98. The summed E-state index contributed by atoms with van der Waals surface area (Å²) in [5.74, 6) is -0.0356. The number of alkyl halides is 3. The Labute approximate surface area is 178 Å². The zero-order valence-corrected chi connectivity index (χ0v) is 16.9. The number of likely N-dealkylation sites (tertiary alicyclic amines) is 1. The average molecular weight is 433 g/mol. The lowest BCUT2D eigenvalue weighted by atomic mass is 9.82. The van der Waals surface area contributed by atoms with Crippen molar-refractivity contribution in [2.45, 2.75) is 50.3 Å². The minimum absolute atomic E-state index is 0.208. The second-order valence-electron chi connectivity index (χ2n) is 8.13. The molecule has 1 unspecified atom stereocenters. The third kappa shape index (κ3) is 3.27. The molecule has 0 amide bonds. The number of aryl methyl sites for hydroxylation is 1. The van der Waals surface area contributed by atoms with E-state index < -0.39 is 23.6 Å². The number of nitrogen functional groups attached to an aromatic ring is 1. The van der Waals surface area contributed by atoms with E-state index >= 15 is 0 Å². The molecule has 0 aromatic carbocycles. The lowest BCUT2D eigenvalue weighted by Gasteiger charge is -2.28. The molecule has 8 nitrogen and oxygen atoms in total. The van der Waals surface area contributed by atoms with Crippen LogP contribution in [-0.4, -0.2) is 47.9 Å². The second kappa shape index (κ2) is 7.04. The predicted octanol–water partition coefficient (Wildman–Crippen LogP) is 3.16. The van der Waals surface area contributed by atoms with Crippen LogP contribution in [0.5, 0.6) is 0 Å². The second-order valence-corrected chi connectivity index (χ2v) is 8.13. The molecule has 0 radical (unpaired) electrons. The standard InChI is InChI=1S/C20H23F3N8/c1-2-15(18-26-11-27-28-18)30-5-3-19(10-30)4-6-31-16(19)8-14(29-31)12-7-13(20(21,22)23)17(24)25-9-12/h7-9,11,15H,2-6,10H2,1H3,(H2,24,25)(H,26,27,28)/t15?,19-/m1/s1/i15D. The van der Waals surface area contributed by atoms with Gasteiger partial charge in [-0.1, -0.05) is 6.92 Å². The summed E-state index contributed by atoms with van der Waals surface area (Å²) in [6.45, 7) is 3.98. The quantitative estimate of drug-likeness (QED) is 0.655. The minimum Gasteiger partial charge on any atom is -0.383 e. The van der Waals surface area contributed by atoms with Crippen molar-refractivity contribution in [3.63, 3.8) is 0 Å². The van der Waals surface area contributed by atoms with E-state index in [9.17, 15) is 13.2 Å². The summed E-state index contributed by atoms with van der Waals surface area (Å²) >= 11 is 0. The normalized spacial score (nSPS) is 23.8. The van der Waals surface area contributed by atoms with Gasteiger partial charge in [-0.15, -0.1) is 10.2 Å². The van der Waals surface area contributed by atoms with Gasteiger partial charge < -0.3 is 10.7 Å². The molecular formula is C20H23F3N8. The predicted molar refractivity (Wildman–Crippen MR) is 107 cm³/mol. The molecule has 2 atom stereocenters. The van der Waals surface area contributed by atoms with Gasteiger partial charge in [0.15, 0.2) is 0 Å². The number of nitrogens with zero attached hydrogens (tertiary/aromatic N) is 6. The van der Waals surface area contributed by atoms with Gasteiger partial charge in [0, 0.05) is 36.0 Å². The highest BCUT2D eigenvalue weighted by atomic mass is 19.4. The van der Waals surface area contributed by atoms with Crippen LogP contribution in [0.3, 0.4) is 0 Å². The van der Waals surface area contributed by atoms with Crippen molar-refractivity contribution >= 4 is 5.82 Å². The molecule has 3 aromatic heterocycles. The van der Waals surface area contributed by atoms with E-state index in [1.54, 1.807) is 0 Å². The fourth-order valence-electron chi connectivity index (χ4n) is 4.85. The first-order chi connectivity index (χ1) is 15.2. The molecule has 3 aromatic rings. The topological polar surface area (TPSA) is 102 Å². The van der Waals surface area contributed by atoms with Crippen LogP contribution in [0, 0.1) is 0 Å². The number of fused-ring (bicyclic) bond motifs is 2. The van der Waals surface area contributed by atoms with Crippen molar-refractivity contribution < 1.29 is 14.5 Å². The van der Waals surface area contributed by atoms with E-state index in [-0.39, 0.29) is 11.0 Å². The summed E-state index contributed by atoms with van der Waals surface area (Å²) in [6, 6.07) is 1.85. The Morgan fingerprint density at radius 1 is 1.32 bits per heavy atom. The number of hydrogen-bond acceptors (Lipinski definition) is 6. The highest BCUT2D eigenvalue weighted by Gasteiger charge is 2.47. The van der Waals surface area contributed by atoms with Crippen LogP contribution in [0.4, 0.5) is 19.0 Å². The number of nitrogens with two attached hydrogens (primary N) is 1. The Morgan fingerprint density at radius 2 is 2.13 bits per heavy atom. The van der Waals surface area contributed by atoms with E-state index in [4.69, 9.17) is 7.10 Å². The zero-order chi connectivity index (χ0) is 22.7. The number of anilines is 1. The van der Waals surface area contributed by atoms with E-state index in [2.05, 4.69) is 30.2 Å². The molecule has 3 N–H and O–H groups in total. The molecule has 11 heteroatoms. The summed E-state index contributed by atoms with van der Waals surface area (Å²) in [5, 5.41) is 12.5. The number of H-pyrrole nitrogens is 1. The van der Waals surface area contributed by atoms with E-state index in [0.29, 0.717) is 37.6 Å². The molecule has 1 fully saturated rings. The Bertz CT molecular complexity index is 1140. The van der Waals surface area contributed by atoms with Crippen LogP contribution < -0.4 is 5.73 Å². The lowest BCUT2D eigenvalue weighted by molar-refractivity contribution is -0.137. The summed E-state index contributed by atoms with van der Waals surface area (Å²) in [4.78, 5) is 8.81. The summed E-state index contributed by atoms with van der Waals surface area (Å²) in [6.07, 6.45) is 0.469. The van der Waals surface area contributed by atoms with E-state index in [1.165, 1.54) is 12.5 Å². The van der Waals surface area contributed by atoms with Gasteiger partial charge in [0.25, 0.3) is 0 Å². The summed E-state index contributed by atoms with van der Waals surface area (Å²) < 4.78 is 50.7. The molecule has 0 bridgehead atoms. The Kier molecular flexibility index (Phi) is 4.27. The lowest BCUT2D eigenvalue weighted by Crippen LogP contribution is -2.32. The number of rotatable bonds is 4. The first kappa shape index (κ1) is 18.8. The number of aromatic amines is 1. The number of halogens is 3. The van der Waals surface area contributed by atoms with E-state index in [1.807, 2.05) is 17.7 Å². The first-order valence-electron chi connectivity index (χ1n) is 10.7. The van der Waals surface area contributed by atoms with Gasteiger partial charge in [0.2, 0.25) is 0 Å². The number of aromatic nitrogens is 6. The van der Waals surface area contributed by atoms with Crippen LogP contribution in [0.1, 0.15) is 50.7 Å². The van der Waals surface area contributed by atoms with Crippen molar-refractivity contribution in [2.24, 2.45) is 0 Å². The highest BCUT2D eigenvalue weighted by molar-refractivity contribution is 5.63. The largest absolute Gasteiger partial charge is 0.419 e. The number of nitrogens with one attached hydrogen (secondary N) is 1. The Balaban J connectivity index is 1.46. The molecule has 2 aliphatic rings. The maximum Gasteiger partial charge on any atom is 0.419 e. The van der Waals surface area contributed by atoms with Gasteiger partial charge >= 0.3 is 6.18 Å². The van der Waals surface area contributed by atoms with Crippen molar-refractivity contribution in [1.82, 2.24) is 34.8 Å². The molecule has 31 heavy (non-hydrogen) atoms. The molecule has 1 spiro atoms. The van der Waals surface area contributed by atoms with Crippen molar-refractivity contribution in [1.29, 1.82) is 0 Å². The molecule has 0 aliphatic carbocycles. The fourth-order valence-corrected chi connectivity index (χ4v) is 4.85. The molecule has 0 saturated carbocycles. The van der Waals surface area contributed by atoms with Crippen LogP contribution in [0.2, 0.25) is 0 Å². The molecule has 2 aliphatic heterocycles. The van der Waals surface area contributed by atoms with Crippen LogP contribution in [-0.2, 0) is 18.1 Å².